The highest BCUT2D eigenvalue weighted by Gasteiger charge is 2.65. The van der Waals surface area contributed by atoms with Crippen molar-refractivity contribution in [1.82, 2.24) is 4.90 Å². The monoisotopic (exact) mass is 365 g/mol. The summed E-state index contributed by atoms with van der Waals surface area (Å²) < 4.78 is 13.2. The first-order valence-corrected chi connectivity index (χ1v) is 9.35. The fraction of sp³-hybridized carbons (Fsp3) is 0.333. The number of para-hydroxylation sites is 1. The van der Waals surface area contributed by atoms with E-state index in [4.69, 9.17) is 0 Å². The maximum Gasteiger partial charge on any atom is 0.250 e. The summed E-state index contributed by atoms with van der Waals surface area (Å²) in [5, 5.41) is 5.88. The van der Waals surface area contributed by atoms with Gasteiger partial charge in [0, 0.05) is 23.0 Å². The Balaban J connectivity index is 1.56. The van der Waals surface area contributed by atoms with Crippen molar-refractivity contribution in [1.29, 1.82) is 0 Å². The third-order valence-corrected chi connectivity index (χ3v) is 6.20. The number of fused-ring (bicyclic) bond motifs is 4. The highest BCUT2D eigenvalue weighted by Crippen LogP contribution is 2.55. The highest BCUT2D eigenvalue weighted by molar-refractivity contribution is 6.10. The molecule has 3 aliphatic rings. The number of halogens is 1. The van der Waals surface area contributed by atoms with E-state index in [1.807, 2.05) is 24.3 Å². The number of hydrogen-bond donors (Lipinski definition) is 2. The predicted molar refractivity (Wildman–Crippen MR) is 99.6 cm³/mol. The number of carbonyl (C=O) groups is 2. The standard InChI is InChI=1S/C21H20FN3O2/c22-13-7-9-14(10-8-13)23-19(26)17-12-15-4-3-11-25(15)21(17)16-5-1-2-6-18(16)24-20(21)27/h1-2,5-10,15,17H,3-4,11-12H2,(H,23,26)(H,24,27)/t15-,17-,21-/m1/s1. The van der Waals surface area contributed by atoms with E-state index in [0.29, 0.717) is 12.1 Å². The summed E-state index contributed by atoms with van der Waals surface area (Å²) in [6.07, 6.45) is 2.68. The quantitative estimate of drug-likeness (QED) is 0.860. The molecule has 2 N–H and O–H groups in total. The Morgan fingerprint density at radius 3 is 2.78 bits per heavy atom. The van der Waals surface area contributed by atoms with E-state index in [9.17, 15) is 14.0 Å². The molecule has 3 atom stereocenters. The topological polar surface area (TPSA) is 61.4 Å². The van der Waals surface area contributed by atoms with Gasteiger partial charge in [0.2, 0.25) is 11.8 Å². The fourth-order valence-corrected chi connectivity index (χ4v) is 5.14. The summed E-state index contributed by atoms with van der Waals surface area (Å²) in [6.45, 7) is 0.812. The molecule has 27 heavy (non-hydrogen) atoms. The van der Waals surface area contributed by atoms with Crippen LogP contribution < -0.4 is 10.6 Å². The molecule has 2 saturated heterocycles. The molecule has 0 unspecified atom stereocenters. The van der Waals surface area contributed by atoms with Gasteiger partial charge in [-0.15, -0.1) is 0 Å². The number of anilines is 2. The molecular formula is C21H20FN3O2. The minimum Gasteiger partial charge on any atom is -0.326 e. The molecule has 138 valence electrons. The van der Waals surface area contributed by atoms with Crippen LogP contribution in [0.25, 0.3) is 0 Å². The van der Waals surface area contributed by atoms with Crippen LogP contribution in [0, 0.1) is 11.7 Å². The molecule has 2 aromatic carbocycles. The van der Waals surface area contributed by atoms with Gasteiger partial charge in [0.25, 0.3) is 0 Å². The molecule has 5 nitrogen and oxygen atoms in total. The maximum absolute atomic E-state index is 13.2. The van der Waals surface area contributed by atoms with Gasteiger partial charge >= 0.3 is 0 Å². The van der Waals surface area contributed by atoms with Gasteiger partial charge in [-0.25, -0.2) is 4.39 Å². The van der Waals surface area contributed by atoms with Crippen molar-refractivity contribution in [2.24, 2.45) is 5.92 Å². The molecule has 0 aromatic heterocycles. The minimum atomic E-state index is -0.956. The number of rotatable bonds is 2. The van der Waals surface area contributed by atoms with Gasteiger partial charge in [0.1, 0.15) is 11.4 Å². The fourth-order valence-electron chi connectivity index (χ4n) is 5.14. The number of amides is 2. The molecule has 2 fully saturated rings. The lowest BCUT2D eigenvalue weighted by atomic mass is 9.78. The third kappa shape index (κ3) is 2.26. The van der Waals surface area contributed by atoms with Crippen LogP contribution in [0.4, 0.5) is 15.8 Å². The lowest BCUT2D eigenvalue weighted by Gasteiger charge is -2.36. The molecule has 0 radical (unpaired) electrons. The number of carbonyl (C=O) groups excluding carboxylic acids is 2. The number of nitrogens with zero attached hydrogens (tertiary/aromatic N) is 1. The molecule has 5 rings (SSSR count). The van der Waals surface area contributed by atoms with Crippen LogP contribution >= 0.6 is 0 Å². The van der Waals surface area contributed by atoms with Crippen molar-refractivity contribution in [2.45, 2.75) is 30.8 Å². The van der Waals surface area contributed by atoms with Crippen LogP contribution in [0.1, 0.15) is 24.8 Å². The van der Waals surface area contributed by atoms with Crippen molar-refractivity contribution >= 4 is 23.2 Å². The van der Waals surface area contributed by atoms with Crippen molar-refractivity contribution < 1.29 is 14.0 Å². The molecule has 0 bridgehead atoms. The molecule has 0 aliphatic carbocycles. The Morgan fingerprint density at radius 2 is 1.96 bits per heavy atom. The Hall–Kier alpha value is -2.73. The average Bonchev–Trinajstić information content (AvgIpc) is 3.32. The summed E-state index contributed by atoms with van der Waals surface area (Å²) in [5.41, 5.74) is 1.26. The van der Waals surface area contributed by atoms with Crippen LogP contribution in [0.2, 0.25) is 0 Å². The number of benzene rings is 2. The molecule has 1 spiro atoms. The van der Waals surface area contributed by atoms with E-state index in [2.05, 4.69) is 15.5 Å². The predicted octanol–water partition coefficient (Wildman–Crippen LogP) is 3.10. The van der Waals surface area contributed by atoms with E-state index >= 15 is 0 Å². The zero-order chi connectivity index (χ0) is 18.6. The highest BCUT2D eigenvalue weighted by atomic mass is 19.1. The first-order valence-electron chi connectivity index (χ1n) is 9.35. The van der Waals surface area contributed by atoms with Gasteiger partial charge < -0.3 is 10.6 Å². The van der Waals surface area contributed by atoms with Gasteiger partial charge in [-0.05, 0) is 56.1 Å². The summed E-state index contributed by atoms with van der Waals surface area (Å²) in [4.78, 5) is 28.7. The first kappa shape index (κ1) is 16.4. The van der Waals surface area contributed by atoms with Crippen LogP contribution in [0.5, 0.6) is 0 Å². The molecule has 0 saturated carbocycles. The van der Waals surface area contributed by atoms with Gasteiger partial charge in [-0.1, -0.05) is 18.2 Å². The van der Waals surface area contributed by atoms with Gasteiger partial charge in [-0.3, -0.25) is 14.5 Å². The normalized spacial score (nSPS) is 28.9. The molecule has 3 heterocycles. The zero-order valence-electron chi connectivity index (χ0n) is 14.7. The van der Waals surface area contributed by atoms with Gasteiger partial charge in [0.15, 0.2) is 0 Å². The van der Waals surface area contributed by atoms with Crippen molar-refractivity contribution in [3.63, 3.8) is 0 Å². The number of nitrogens with one attached hydrogen (secondary N) is 2. The van der Waals surface area contributed by atoms with Crippen LogP contribution in [-0.4, -0.2) is 29.3 Å². The average molecular weight is 365 g/mol. The summed E-state index contributed by atoms with van der Waals surface area (Å²) in [6, 6.07) is 13.6. The van der Waals surface area contributed by atoms with Gasteiger partial charge in [-0.2, -0.15) is 0 Å². The van der Waals surface area contributed by atoms with E-state index in [-0.39, 0.29) is 23.7 Å². The van der Waals surface area contributed by atoms with Crippen LogP contribution in [-0.2, 0) is 15.1 Å². The Morgan fingerprint density at radius 1 is 1.19 bits per heavy atom. The SMILES string of the molecule is O=C(Nc1ccc(F)cc1)[C@H]1C[C@H]2CCCN2[C@@]12C(=O)Nc1ccccc12. The molecule has 2 aromatic rings. The lowest BCUT2D eigenvalue weighted by Crippen LogP contribution is -2.53. The Kier molecular flexibility index (Phi) is 3.59. The van der Waals surface area contributed by atoms with Gasteiger partial charge in [0.05, 0.1) is 5.92 Å². The smallest absolute Gasteiger partial charge is 0.250 e. The second-order valence-corrected chi connectivity index (χ2v) is 7.54. The van der Waals surface area contributed by atoms with E-state index in [0.717, 1.165) is 30.6 Å². The summed E-state index contributed by atoms with van der Waals surface area (Å²) >= 11 is 0. The molecule has 3 aliphatic heterocycles. The first-order chi connectivity index (χ1) is 13.1. The van der Waals surface area contributed by atoms with Crippen molar-refractivity contribution in [3.05, 3.63) is 59.9 Å². The largest absolute Gasteiger partial charge is 0.326 e. The van der Waals surface area contributed by atoms with Crippen molar-refractivity contribution in [2.75, 3.05) is 17.2 Å². The third-order valence-electron chi connectivity index (χ3n) is 6.20. The van der Waals surface area contributed by atoms with Crippen LogP contribution in [0.15, 0.2) is 48.5 Å². The number of hydrogen-bond acceptors (Lipinski definition) is 3. The van der Waals surface area contributed by atoms with Crippen LogP contribution in [0.3, 0.4) is 0 Å². The zero-order valence-corrected chi connectivity index (χ0v) is 14.7. The van der Waals surface area contributed by atoms with E-state index in [1.165, 1.54) is 12.1 Å². The summed E-state index contributed by atoms with van der Waals surface area (Å²) in [5.74, 6) is -1.15. The van der Waals surface area contributed by atoms with Crippen molar-refractivity contribution in [3.8, 4) is 0 Å². The Bertz CT molecular complexity index is 929. The minimum absolute atomic E-state index is 0.118. The van der Waals surface area contributed by atoms with E-state index < -0.39 is 11.5 Å². The second kappa shape index (κ2) is 5.89. The maximum atomic E-state index is 13.2. The van der Waals surface area contributed by atoms with E-state index in [1.54, 1.807) is 12.1 Å². The second-order valence-electron chi connectivity index (χ2n) is 7.54. The Labute approximate surface area is 156 Å². The lowest BCUT2D eigenvalue weighted by molar-refractivity contribution is -0.135. The molecule has 6 heteroatoms. The molecular weight excluding hydrogens is 345 g/mol. The summed E-state index contributed by atoms with van der Waals surface area (Å²) in [7, 11) is 0. The molecule has 2 amide bonds.